The van der Waals surface area contributed by atoms with E-state index in [9.17, 15) is 13.6 Å². The lowest BCUT2D eigenvalue weighted by Crippen LogP contribution is -2.16. The fraction of sp³-hybridized carbons (Fsp3) is 0.364. The number of aromatic nitrogens is 2. The molecule has 1 N–H and O–H groups in total. The van der Waals surface area contributed by atoms with E-state index >= 15 is 0 Å². The Hall–Kier alpha value is -2.96. The number of methoxy groups -OCH3 is 1. The standard InChI is InChI=1S/C22H23F2N3O2/c1-13-3-6-16(7-4-13)27-12-14-9-20(21(29-2)11-19(14)26-27)25-22(28)17-10-15(23)5-8-18(17)24/h5,8-13,16H,3-4,6-7H2,1-2H3,(H,25,28)/t13-,16-. The number of benzene rings is 2. The third-order valence-electron chi connectivity index (χ3n) is 5.62. The fourth-order valence-electron chi connectivity index (χ4n) is 3.89. The minimum Gasteiger partial charge on any atom is -0.494 e. The second kappa shape index (κ2) is 7.81. The first-order valence-corrected chi connectivity index (χ1v) is 9.78. The summed E-state index contributed by atoms with van der Waals surface area (Å²) in [7, 11) is 1.49. The van der Waals surface area contributed by atoms with Gasteiger partial charge in [-0.3, -0.25) is 9.48 Å². The van der Waals surface area contributed by atoms with E-state index < -0.39 is 17.5 Å². The Labute approximate surface area is 167 Å². The first-order chi connectivity index (χ1) is 13.9. The van der Waals surface area contributed by atoms with Crippen LogP contribution in [0.5, 0.6) is 5.75 Å². The molecule has 1 saturated carbocycles. The predicted octanol–water partition coefficient (Wildman–Crippen LogP) is 5.33. The van der Waals surface area contributed by atoms with Crippen LogP contribution in [0, 0.1) is 17.6 Å². The maximum absolute atomic E-state index is 13.9. The summed E-state index contributed by atoms with van der Waals surface area (Å²) in [5.74, 6) is -1.05. The molecular formula is C22H23F2N3O2. The van der Waals surface area contributed by atoms with Gasteiger partial charge in [-0.2, -0.15) is 5.10 Å². The van der Waals surface area contributed by atoms with Crippen molar-refractivity contribution in [2.45, 2.75) is 38.6 Å². The fourth-order valence-corrected chi connectivity index (χ4v) is 3.89. The summed E-state index contributed by atoms with van der Waals surface area (Å²) in [4.78, 5) is 12.5. The van der Waals surface area contributed by atoms with Gasteiger partial charge in [0.15, 0.2) is 0 Å². The topological polar surface area (TPSA) is 56.1 Å². The first kappa shape index (κ1) is 19.4. The number of carbonyl (C=O) groups is 1. The molecule has 1 fully saturated rings. The van der Waals surface area contributed by atoms with Crippen LogP contribution >= 0.6 is 0 Å². The van der Waals surface area contributed by atoms with Crippen LogP contribution in [0.25, 0.3) is 10.9 Å². The molecule has 29 heavy (non-hydrogen) atoms. The molecule has 0 unspecified atom stereocenters. The highest BCUT2D eigenvalue weighted by molar-refractivity contribution is 6.06. The van der Waals surface area contributed by atoms with Crippen molar-refractivity contribution in [3.8, 4) is 5.75 Å². The summed E-state index contributed by atoms with van der Waals surface area (Å²) in [6.45, 7) is 2.27. The van der Waals surface area contributed by atoms with E-state index in [1.54, 1.807) is 12.1 Å². The highest BCUT2D eigenvalue weighted by atomic mass is 19.1. The number of nitrogens with one attached hydrogen (secondary N) is 1. The molecule has 0 aliphatic heterocycles. The van der Waals surface area contributed by atoms with Gasteiger partial charge in [-0.25, -0.2) is 8.78 Å². The van der Waals surface area contributed by atoms with Crippen molar-refractivity contribution < 1.29 is 18.3 Å². The van der Waals surface area contributed by atoms with Gasteiger partial charge < -0.3 is 10.1 Å². The molecule has 2 aromatic carbocycles. The minimum atomic E-state index is -0.789. The zero-order chi connectivity index (χ0) is 20.5. The van der Waals surface area contributed by atoms with Gasteiger partial charge in [0.2, 0.25) is 0 Å². The van der Waals surface area contributed by atoms with Gasteiger partial charge in [0, 0.05) is 17.6 Å². The molecule has 1 heterocycles. The Balaban J connectivity index is 1.63. The van der Waals surface area contributed by atoms with Crippen molar-refractivity contribution in [1.82, 2.24) is 9.78 Å². The van der Waals surface area contributed by atoms with E-state index in [-0.39, 0.29) is 5.56 Å². The molecule has 3 aromatic rings. The lowest BCUT2D eigenvalue weighted by atomic mass is 9.87. The van der Waals surface area contributed by atoms with Gasteiger partial charge in [-0.05, 0) is 55.9 Å². The Morgan fingerprint density at radius 3 is 2.66 bits per heavy atom. The monoisotopic (exact) mass is 399 g/mol. The number of anilines is 1. The number of halogens is 2. The van der Waals surface area contributed by atoms with Crippen LogP contribution < -0.4 is 10.1 Å². The summed E-state index contributed by atoms with van der Waals surface area (Å²) in [5.41, 5.74) is 0.778. The van der Waals surface area contributed by atoms with Crippen LogP contribution in [0.4, 0.5) is 14.5 Å². The second-order valence-electron chi connectivity index (χ2n) is 7.71. The molecule has 1 aliphatic rings. The van der Waals surface area contributed by atoms with E-state index in [2.05, 4.69) is 17.3 Å². The zero-order valence-corrected chi connectivity index (χ0v) is 16.4. The summed E-state index contributed by atoms with van der Waals surface area (Å²) in [5, 5.41) is 8.16. The highest BCUT2D eigenvalue weighted by Gasteiger charge is 2.21. The van der Waals surface area contributed by atoms with E-state index in [0.717, 1.165) is 47.9 Å². The van der Waals surface area contributed by atoms with E-state index in [1.165, 1.54) is 20.0 Å². The highest BCUT2D eigenvalue weighted by Crippen LogP contribution is 2.35. The minimum absolute atomic E-state index is 0.362. The molecule has 4 rings (SSSR count). The Kier molecular flexibility index (Phi) is 5.22. The molecule has 5 nitrogen and oxygen atoms in total. The van der Waals surface area contributed by atoms with Crippen LogP contribution in [0.15, 0.2) is 36.5 Å². The number of hydrogen-bond donors (Lipinski definition) is 1. The summed E-state index contributed by atoms with van der Waals surface area (Å²) in [6, 6.07) is 6.63. The second-order valence-corrected chi connectivity index (χ2v) is 7.71. The summed E-state index contributed by atoms with van der Waals surface area (Å²) >= 11 is 0. The normalized spacial score (nSPS) is 19.3. The predicted molar refractivity (Wildman–Crippen MR) is 107 cm³/mol. The number of nitrogens with zero attached hydrogens (tertiary/aromatic N) is 2. The van der Waals surface area contributed by atoms with Gasteiger partial charge in [-0.15, -0.1) is 0 Å². The van der Waals surface area contributed by atoms with Crippen LogP contribution in [0.1, 0.15) is 49.0 Å². The third kappa shape index (κ3) is 3.95. The SMILES string of the molecule is COc1cc2nn([C@H]3CC[C@H](C)CC3)cc2cc1NC(=O)c1cc(F)ccc1F. The van der Waals surface area contributed by atoms with Crippen LogP contribution in [0.2, 0.25) is 0 Å². The Morgan fingerprint density at radius 2 is 1.93 bits per heavy atom. The van der Waals surface area contributed by atoms with Crippen molar-refractivity contribution in [2.75, 3.05) is 12.4 Å². The number of fused-ring (bicyclic) bond motifs is 1. The molecule has 0 radical (unpaired) electrons. The molecule has 0 bridgehead atoms. The average molecular weight is 399 g/mol. The van der Waals surface area contributed by atoms with Gasteiger partial charge in [0.05, 0.1) is 29.9 Å². The van der Waals surface area contributed by atoms with Crippen LogP contribution in [-0.2, 0) is 0 Å². The number of amides is 1. The molecule has 1 amide bonds. The van der Waals surface area contributed by atoms with Gasteiger partial charge in [-0.1, -0.05) is 6.92 Å². The number of hydrogen-bond acceptors (Lipinski definition) is 3. The third-order valence-corrected chi connectivity index (χ3v) is 5.62. The first-order valence-electron chi connectivity index (χ1n) is 9.78. The molecule has 0 saturated heterocycles. The molecule has 0 atom stereocenters. The van der Waals surface area contributed by atoms with Crippen LogP contribution in [-0.4, -0.2) is 22.8 Å². The zero-order valence-electron chi connectivity index (χ0n) is 16.4. The molecule has 1 aliphatic carbocycles. The number of rotatable bonds is 4. The molecule has 152 valence electrons. The van der Waals surface area contributed by atoms with E-state index in [0.29, 0.717) is 17.5 Å². The van der Waals surface area contributed by atoms with Crippen molar-refractivity contribution >= 4 is 22.5 Å². The molecule has 7 heteroatoms. The van der Waals surface area contributed by atoms with Crippen molar-refractivity contribution in [1.29, 1.82) is 0 Å². The van der Waals surface area contributed by atoms with Crippen molar-refractivity contribution in [3.05, 3.63) is 53.7 Å². The van der Waals surface area contributed by atoms with Crippen molar-refractivity contribution in [2.24, 2.45) is 5.92 Å². The molecule has 1 aromatic heterocycles. The van der Waals surface area contributed by atoms with E-state index in [4.69, 9.17) is 4.74 Å². The lowest BCUT2D eigenvalue weighted by Gasteiger charge is -2.26. The summed E-state index contributed by atoms with van der Waals surface area (Å²) in [6.07, 6.45) is 6.52. The van der Waals surface area contributed by atoms with E-state index in [1.807, 2.05) is 10.9 Å². The molecule has 0 spiro atoms. The quantitative estimate of drug-likeness (QED) is 0.645. The maximum atomic E-state index is 13.9. The maximum Gasteiger partial charge on any atom is 0.258 e. The summed E-state index contributed by atoms with van der Waals surface area (Å²) < 4.78 is 34.7. The van der Waals surface area contributed by atoms with Crippen molar-refractivity contribution in [3.63, 3.8) is 0 Å². The smallest absolute Gasteiger partial charge is 0.258 e. The van der Waals surface area contributed by atoms with Gasteiger partial charge in [0.1, 0.15) is 17.4 Å². The van der Waals surface area contributed by atoms with Crippen LogP contribution in [0.3, 0.4) is 0 Å². The average Bonchev–Trinajstić information content (AvgIpc) is 3.12. The Bertz CT molecular complexity index is 1060. The largest absolute Gasteiger partial charge is 0.494 e. The lowest BCUT2D eigenvalue weighted by molar-refractivity contribution is 0.102. The Morgan fingerprint density at radius 1 is 1.17 bits per heavy atom. The van der Waals surface area contributed by atoms with Gasteiger partial charge in [0.25, 0.3) is 5.91 Å². The van der Waals surface area contributed by atoms with Gasteiger partial charge >= 0.3 is 0 Å². The number of ether oxygens (including phenoxy) is 1. The molecular weight excluding hydrogens is 376 g/mol. The number of carbonyl (C=O) groups excluding carboxylic acids is 1.